The fourth-order valence-electron chi connectivity index (χ4n) is 5.92. The van der Waals surface area contributed by atoms with Gasteiger partial charge in [0.2, 0.25) is 0 Å². The average Bonchev–Trinajstić information content (AvgIpc) is 3.28. The Kier molecular flexibility index (Phi) is 5.09. The SMILES string of the molecule is COc1cccc(-c2c3c(c(-c4cccc(OC)c4)c4ccccc24)-c2ccc(Br)c4cccc-3c24)c1. The van der Waals surface area contributed by atoms with Crippen molar-refractivity contribution >= 4 is 37.5 Å². The zero-order valence-corrected chi connectivity index (χ0v) is 22.1. The number of benzene rings is 6. The molecule has 178 valence electrons. The molecule has 6 aromatic rings. The zero-order chi connectivity index (χ0) is 25.1. The lowest BCUT2D eigenvalue weighted by Gasteiger charge is -2.21. The summed E-state index contributed by atoms with van der Waals surface area (Å²) < 4.78 is 12.4. The molecule has 1 aliphatic rings. The molecule has 6 aromatic carbocycles. The molecule has 7 rings (SSSR count). The molecule has 0 atom stereocenters. The van der Waals surface area contributed by atoms with E-state index < -0.39 is 0 Å². The molecule has 0 saturated carbocycles. The van der Waals surface area contributed by atoms with Crippen molar-refractivity contribution < 1.29 is 9.47 Å². The van der Waals surface area contributed by atoms with E-state index in [-0.39, 0.29) is 0 Å². The quantitative estimate of drug-likeness (QED) is 0.220. The maximum Gasteiger partial charge on any atom is 0.119 e. The Bertz CT molecular complexity index is 1770. The Morgan fingerprint density at radius 2 is 1.00 bits per heavy atom. The summed E-state index contributed by atoms with van der Waals surface area (Å²) in [6, 6.07) is 36.6. The Balaban J connectivity index is 1.73. The van der Waals surface area contributed by atoms with Crippen LogP contribution in [0.4, 0.5) is 0 Å². The maximum atomic E-state index is 5.64. The fourth-order valence-corrected chi connectivity index (χ4v) is 6.38. The number of hydrogen-bond acceptors (Lipinski definition) is 2. The topological polar surface area (TPSA) is 18.5 Å². The van der Waals surface area contributed by atoms with Gasteiger partial charge in [-0.1, -0.05) is 88.7 Å². The molecule has 0 aromatic heterocycles. The molecule has 1 aliphatic carbocycles. The first-order valence-corrected chi connectivity index (χ1v) is 13.1. The maximum absolute atomic E-state index is 5.64. The van der Waals surface area contributed by atoms with E-state index in [0.29, 0.717) is 0 Å². The van der Waals surface area contributed by atoms with Crippen molar-refractivity contribution in [2.24, 2.45) is 0 Å². The number of halogens is 1. The van der Waals surface area contributed by atoms with Crippen molar-refractivity contribution in [2.45, 2.75) is 0 Å². The van der Waals surface area contributed by atoms with Gasteiger partial charge in [-0.05, 0) is 96.4 Å². The number of rotatable bonds is 4. The van der Waals surface area contributed by atoms with E-state index >= 15 is 0 Å². The van der Waals surface area contributed by atoms with Crippen LogP contribution in [-0.4, -0.2) is 14.2 Å². The van der Waals surface area contributed by atoms with Gasteiger partial charge in [-0.25, -0.2) is 0 Å². The lowest BCUT2D eigenvalue weighted by Crippen LogP contribution is -1.94. The van der Waals surface area contributed by atoms with Crippen LogP contribution in [0.1, 0.15) is 0 Å². The molecular formula is C34H23BrO2. The van der Waals surface area contributed by atoms with Crippen LogP contribution in [0, 0.1) is 0 Å². The monoisotopic (exact) mass is 542 g/mol. The third-order valence-electron chi connectivity index (χ3n) is 7.46. The predicted molar refractivity (Wildman–Crippen MR) is 158 cm³/mol. The van der Waals surface area contributed by atoms with Crippen LogP contribution < -0.4 is 9.47 Å². The number of fused-ring (bicyclic) bond motifs is 4. The molecule has 0 unspecified atom stereocenters. The molecule has 0 spiro atoms. The van der Waals surface area contributed by atoms with Crippen molar-refractivity contribution in [3.63, 3.8) is 0 Å². The van der Waals surface area contributed by atoms with Gasteiger partial charge in [-0.2, -0.15) is 0 Å². The van der Waals surface area contributed by atoms with E-state index in [1.165, 1.54) is 54.9 Å². The second-order valence-electron chi connectivity index (χ2n) is 9.33. The lowest BCUT2D eigenvalue weighted by atomic mass is 9.82. The molecule has 0 aliphatic heterocycles. The zero-order valence-electron chi connectivity index (χ0n) is 20.5. The summed E-state index contributed by atoms with van der Waals surface area (Å²) in [6.07, 6.45) is 0. The summed E-state index contributed by atoms with van der Waals surface area (Å²) in [5.41, 5.74) is 9.81. The van der Waals surface area contributed by atoms with Gasteiger partial charge in [-0.15, -0.1) is 0 Å². The molecule has 2 nitrogen and oxygen atoms in total. The first-order chi connectivity index (χ1) is 18.2. The molecular weight excluding hydrogens is 520 g/mol. The van der Waals surface area contributed by atoms with Crippen LogP contribution in [0.25, 0.3) is 66.1 Å². The van der Waals surface area contributed by atoms with Crippen LogP contribution >= 0.6 is 15.9 Å². The summed E-state index contributed by atoms with van der Waals surface area (Å²) >= 11 is 3.81. The van der Waals surface area contributed by atoms with Gasteiger partial charge in [0.15, 0.2) is 0 Å². The Labute approximate surface area is 224 Å². The van der Waals surface area contributed by atoms with Crippen LogP contribution in [0.2, 0.25) is 0 Å². The van der Waals surface area contributed by atoms with Crippen LogP contribution in [0.3, 0.4) is 0 Å². The normalized spacial score (nSPS) is 11.6. The standard InChI is InChI=1S/C34H23BrO2/c1-36-22-10-5-8-20(18-22)30-24-12-3-4-13-25(24)31(21-9-6-11-23(19-21)37-2)34-28-16-17-29(35)26-14-7-15-27(32(26)28)33(30)34/h3-19H,1-2H3. The molecule has 0 bridgehead atoms. The third kappa shape index (κ3) is 3.24. The molecule has 0 saturated heterocycles. The summed E-state index contributed by atoms with van der Waals surface area (Å²) in [7, 11) is 3.45. The third-order valence-corrected chi connectivity index (χ3v) is 8.15. The Hall–Kier alpha value is -4.08. The molecule has 3 heteroatoms. The molecule has 37 heavy (non-hydrogen) atoms. The van der Waals surface area contributed by atoms with Crippen LogP contribution in [-0.2, 0) is 0 Å². The minimum absolute atomic E-state index is 0.851. The summed E-state index contributed by atoms with van der Waals surface area (Å²) in [6.45, 7) is 0. The van der Waals surface area contributed by atoms with E-state index in [4.69, 9.17) is 9.47 Å². The number of methoxy groups -OCH3 is 2. The largest absolute Gasteiger partial charge is 0.497 e. The number of ether oxygens (including phenoxy) is 2. The highest BCUT2D eigenvalue weighted by Gasteiger charge is 2.31. The summed E-state index contributed by atoms with van der Waals surface area (Å²) in [5.74, 6) is 1.70. The second kappa shape index (κ2) is 8.50. The first kappa shape index (κ1) is 22.1. The smallest absolute Gasteiger partial charge is 0.119 e. The lowest BCUT2D eigenvalue weighted by molar-refractivity contribution is 0.415. The minimum Gasteiger partial charge on any atom is -0.497 e. The second-order valence-corrected chi connectivity index (χ2v) is 10.2. The van der Waals surface area contributed by atoms with Gasteiger partial charge < -0.3 is 9.47 Å². The van der Waals surface area contributed by atoms with Gasteiger partial charge in [-0.3, -0.25) is 0 Å². The van der Waals surface area contributed by atoms with Gasteiger partial charge in [0.25, 0.3) is 0 Å². The van der Waals surface area contributed by atoms with Gasteiger partial charge in [0.05, 0.1) is 14.2 Å². The van der Waals surface area contributed by atoms with E-state index in [1.54, 1.807) is 14.2 Å². The van der Waals surface area contributed by atoms with Crippen molar-refractivity contribution in [3.8, 4) is 56.0 Å². The van der Waals surface area contributed by atoms with E-state index in [2.05, 4.69) is 107 Å². The van der Waals surface area contributed by atoms with Gasteiger partial charge in [0, 0.05) is 4.47 Å². The molecule has 0 heterocycles. The van der Waals surface area contributed by atoms with Crippen molar-refractivity contribution in [1.82, 2.24) is 0 Å². The number of hydrogen-bond donors (Lipinski definition) is 0. The highest BCUT2D eigenvalue weighted by Crippen LogP contribution is 2.58. The molecule has 0 radical (unpaired) electrons. The van der Waals surface area contributed by atoms with E-state index in [1.807, 2.05) is 12.1 Å². The highest BCUT2D eigenvalue weighted by atomic mass is 79.9. The first-order valence-electron chi connectivity index (χ1n) is 12.3. The van der Waals surface area contributed by atoms with Gasteiger partial charge in [0.1, 0.15) is 11.5 Å². The van der Waals surface area contributed by atoms with Gasteiger partial charge >= 0.3 is 0 Å². The highest BCUT2D eigenvalue weighted by molar-refractivity contribution is 9.10. The van der Waals surface area contributed by atoms with E-state index in [0.717, 1.165) is 27.1 Å². The summed E-state index contributed by atoms with van der Waals surface area (Å²) in [5, 5.41) is 4.95. The Morgan fingerprint density at radius 1 is 0.486 bits per heavy atom. The predicted octanol–water partition coefficient (Wildman–Crippen LogP) is 9.75. The molecule has 0 fully saturated rings. The summed E-state index contributed by atoms with van der Waals surface area (Å²) in [4.78, 5) is 0. The van der Waals surface area contributed by atoms with E-state index in [9.17, 15) is 0 Å². The minimum atomic E-state index is 0.851. The molecule has 0 amide bonds. The fraction of sp³-hybridized carbons (Fsp3) is 0.0588. The van der Waals surface area contributed by atoms with Crippen molar-refractivity contribution in [1.29, 1.82) is 0 Å². The Morgan fingerprint density at radius 3 is 1.57 bits per heavy atom. The van der Waals surface area contributed by atoms with Crippen molar-refractivity contribution in [3.05, 3.63) is 108 Å². The molecule has 0 N–H and O–H groups in total. The van der Waals surface area contributed by atoms with Crippen molar-refractivity contribution in [2.75, 3.05) is 14.2 Å². The average molecular weight is 543 g/mol. The van der Waals surface area contributed by atoms with Crippen LogP contribution in [0.15, 0.2) is 108 Å². The van der Waals surface area contributed by atoms with Crippen LogP contribution in [0.5, 0.6) is 11.5 Å².